The Balaban J connectivity index is 1.73. The molecule has 0 amide bonds. The molecule has 16 heavy (non-hydrogen) atoms. The summed E-state index contributed by atoms with van der Waals surface area (Å²) in [6.45, 7) is 1.90. The van der Waals surface area contributed by atoms with Crippen LogP contribution >= 0.6 is 0 Å². The Morgan fingerprint density at radius 2 is 2.12 bits per heavy atom. The van der Waals surface area contributed by atoms with Crippen molar-refractivity contribution >= 4 is 0 Å². The van der Waals surface area contributed by atoms with Crippen molar-refractivity contribution in [2.45, 2.75) is 25.3 Å². The fourth-order valence-electron chi connectivity index (χ4n) is 2.19. The largest absolute Gasteiger partial charge is 0.494 e. The van der Waals surface area contributed by atoms with E-state index in [0.29, 0.717) is 12.6 Å². The summed E-state index contributed by atoms with van der Waals surface area (Å²) >= 11 is 0. The first-order valence-electron chi connectivity index (χ1n) is 5.84. The zero-order chi connectivity index (χ0) is 11.4. The van der Waals surface area contributed by atoms with Gasteiger partial charge in [-0.1, -0.05) is 0 Å². The third kappa shape index (κ3) is 2.95. The van der Waals surface area contributed by atoms with Crippen molar-refractivity contribution in [2.24, 2.45) is 0 Å². The van der Waals surface area contributed by atoms with Gasteiger partial charge >= 0.3 is 0 Å². The first-order chi connectivity index (χ1) is 7.75. The Labute approximate surface area is 96.0 Å². The number of benzene rings is 1. The van der Waals surface area contributed by atoms with Crippen molar-refractivity contribution in [1.82, 2.24) is 4.90 Å². The average Bonchev–Trinajstić information content (AvgIpc) is 2.68. The molecule has 0 radical (unpaired) electrons. The van der Waals surface area contributed by atoms with Gasteiger partial charge in [0.1, 0.15) is 11.6 Å². The molecular formula is C13H18FNO. The molecule has 2 rings (SSSR count). The van der Waals surface area contributed by atoms with Crippen LogP contribution < -0.4 is 4.74 Å². The minimum atomic E-state index is -0.220. The van der Waals surface area contributed by atoms with E-state index >= 15 is 0 Å². The summed E-state index contributed by atoms with van der Waals surface area (Å²) in [6, 6.07) is 6.86. The molecule has 0 bridgehead atoms. The molecular weight excluding hydrogens is 205 g/mol. The molecule has 0 spiro atoms. The number of hydrogen-bond donors (Lipinski definition) is 0. The Bertz CT molecular complexity index is 325. The molecule has 0 aromatic heterocycles. The predicted molar refractivity (Wildman–Crippen MR) is 62.2 cm³/mol. The van der Waals surface area contributed by atoms with E-state index in [4.69, 9.17) is 4.74 Å². The molecule has 2 nitrogen and oxygen atoms in total. The lowest BCUT2D eigenvalue weighted by Crippen LogP contribution is -2.26. The number of rotatable bonds is 4. The maximum Gasteiger partial charge on any atom is 0.123 e. The van der Waals surface area contributed by atoms with Crippen molar-refractivity contribution in [3.05, 3.63) is 30.1 Å². The second-order valence-corrected chi connectivity index (χ2v) is 4.37. The number of ether oxygens (including phenoxy) is 1. The van der Waals surface area contributed by atoms with Crippen molar-refractivity contribution in [3.8, 4) is 5.75 Å². The van der Waals surface area contributed by atoms with Gasteiger partial charge < -0.3 is 9.64 Å². The standard InChI is InChI=1S/C13H18FNO/c1-15-9-2-3-12(15)8-10-16-13-6-4-11(14)5-7-13/h4-7,12H,2-3,8-10H2,1H3. The van der Waals surface area contributed by atoms with Gasteiger partial charge in [-0.25, -0.2) is 4.39 Å². The lowest BCUT2D eigenvalue weighted by Gasteiger charge is -2.19. The summed E-state index contributed by atoms with van der Waals surface area (Å²) in [4.78, 5) is 2.38. The normalized spacial score (nSPS) is 21.2. The molecule has 0 aliphatic carbocycles. The quantitative estimate of drug-likeness (QED) is 0.778. The molecule has 1 aromatic rings. The molecule has 1 saturated heterocycles. The van der Waals surface area contributed by atoms with Gasteiger partial charge in [-0.05, 0) is 57.1 Å². The van der Waals surface area contributed by atoms with E-state index in [0.717, 1.165) is 12.2 Å². The molecule has 1 atom stereocenters. The van der Waals surface area contributed by atoms with Crippen LogP contribution in [0.4, 0.5) is 4.39 Å². The zero-order valence-electron chi connectivity index (χ0n) is 9.66. The van der Waals surface area contributed by atoms with Crippen LogP contribution in [-0.4, -0.2) is 31.1 Å². The van der Waals surface area contributed by atoms with Crippen LogP contribution in [0.5, 0.6) is 5.75 Å². The zero-order valence-corrected chi connectivity index (χ0v) is 9.66. The molecule has 1 aromatic carbocycles. The molecule has 1 heterocycles. The van der Waals surface area contributed by atoms with Crippen LogP contribution in [0.2, 0.25) is 0 Å². The van der Waals surface area contributed by atoms with Crippen LogP contribution in [0.3, 0.4) is 0 Å². The van der Waals surface area contributed by atoms with E-state index < -0.39 is 0 Å². The molecule has 1 fully saturated rings. The van der Waals surface area contributed by atoms with E-state index in [1.165, 1.54) is 31.5 Å². The van der Waals surface area contributed by atoms with Crippen molar-refractivity contribution in [2.75, 3.05) is 20.2 Å². The fraction of sp³-hybridized carbons (Fsp3) is 0.538. The van der Waals surface area contributed by atoms with Crippen LogP contribution in [0, 0.1) is 5.82 Å². The fourth-order valence-corrected chi connectivity index (χ4v) is 2.19. The molecule has 1 aliphatic rings. The summed E-state index contributed by atoms with van der Waals surface area (Å²) < 4.78 is 18.2. The number of halogens is 1. The molecule has 1 unspecified atom stereocenters. The molecule has 88 valence electrons. The third-order valence-corrected chi connectivity index (χ3v) is 3.20. The molecule has 1 aliphatic heterocycles. The van der Waals surface area contributed by atoms with Crippen LogP contribution in [0.1, 0.15) is 19.3 Å². The number of likely N-dealkylation sites (tertiary alicyclic amines) is 1. The average molecular weight is 223 g/mol. The molecule has 0 saturated carbocycles. The molecule has 3 heteroatoms. The van der Waals surface area contributed by atoms with Crippen LogP contribution in [0.25, 0.3) is 0 Å². The van der Waals surface area contributed by atoms with E-state index in [1.807, 2.05) is 0 Å². The summed E-state index contributed by atoms with van der Waals surface area (Å²) in [5, 5.41) is 0. The van der Waals surface area contributed by atoms with E-state index in [9.17, 15) is 4.39 Å². The van der Waals surface area contributed by atoms with E-state index in [1.54, 1.807) is 12.1 Å². The van der Waals surface area contributed by atoms with Crippen LogP contribution in [0.15, 0.2) is 24.3 Å². The highest BCUT2D eigenvalue weighted by molar-refractivity contribution is 5.21. The Kier molecular flexibility index (Phi) is 3.78. The van der Waals surface area contributed by atoms with Gasteiger partial charge in [0.15, 0.2) is 0 Å². The van der Waals surface area contributed by atoms with Gasteiger partial charge in [0.2, 0.25) is 0 Å². The van der Waals surface area contributed by atoms with Crippen molar-refractivity contribution < 1.29 is 9.13 Å². The summed E-state index contributed by atoms with van der Waals surface area (Å²) in [6.07, 6.45) is 3.61. The lowest BCUT2D eigenvalue weighted by atomic mass is 10.1. The smallest absolute Gasteiger partial charge is 0.123 e. The highest BCUT2D eigenvalue weighted by atomic mass is 19.1. The van der Waals surface area contributed by atoms with Gasteiger partial charge in [0.05, 0.1) is 6.61 Å². The second kappa shape index (κ2) is 5.30. The highest BCUT2D eigenvalue weighted by Gasteiger charge is 2.20. The van der Waals surface area contributed by atoms with Crippen LogP contribution in [-0.2, 0) is 0 Å². The maximum absolute atomic E-state index is 12.6. The summed E-state index contributed by atoms with van der Waals surface area (Å²) in [5.41, 5.74) is 0. The van der Waals surface area contributed by atoms with Crippen molar-refractivity contribution in [3.63, 3.8) is 0 Å². The van der Waals surface area contributed by atoms with E-state index in [2.05, 4.69) is 11.9 Å². The predicted octanol–water partition coefficient (Wildman–Crippen LogP) is 2.69. The number of nitrogens with zero attached hydrogens (tertiary/aromatic N) is 1. The van der Waals surface area contributed by atoms with E-state index in [-0.39, 0.29) is 5.82 Å². The third-order valence-electron chi connectivity index (χ3n) is 3.20. The summed E-state index contributed by atoms with van der Waals surface area (Å²) in [7, 11) is 2.16. The maximum atomic E-state index is 12.6. The SMILES string of the molecule is CN1CCCC1CCOc1ccc(F)cc1. The van der Waals surface area contributed by atoms with Gasteiger partial charge in [-0.2, -0.15) is 0 Å². The topological polar surface area (TPSA) is 12.5 Å². The minimum Gasteiger partial charge on any atom is -0.494 e. The Morgan fingerprint density at radius 3 is 2.75 bits per heavy atom. The molecule has 0 N–H and O–H groups in total. The number of hydrogen-bond acceptors (Lipinski definition) is 2. The van der Waals surface area contributed by atoms with Crippen molar-refractivity contribution in [1.29, 1.82) is 0 Å². The first-order valence-corrected chi connectivity index (χ1v) is 5.84. The minimum absolute atomic E-state index is 0.220. The van der Waals surface area contributed by atoms with Gasteiger partial charge in [-0.15, -0.1) is 0 Å². The van der Waals surface area contributed by atoms with Gasteiger partial charge in [-0.3, -0.25) is 0 Å². The highest BCUT2D eigenvalue weighted by Crippen LogP contribution is 2.18. The Hall–Kier alpha value is -1.09. The first kappa shape index (κ1) is 11.4. The van der Waals surface area contributed by atoms with Gasteiger partial charge in [0.25, 0.3) is 0 Å². The monoisotopic (exact) mass is 223 g/mol. The second-order valence-electron chi connectivity index (χ2n) is 4.37. The summed E-state index contributed by atoms with van der Waals surface area (Å²) in [5.74, 6) is 0.532. The lowest BCUT2D eigenvalue weighted by molar-refractivity contribution is 0.233. The Morgan fingerprint density at radius 1 is 1.38 bits per heavy atom. The van der Waals surface area contributed by atoms with Gasteiger partial charge in [0, 0.05) is 6.04 Å².